The summed E-state index contributed by atoms with van der Waals surface area (Å²) in [5.41, 5.74) is 5.57. The van der Waals surface area contributed by atoms with Gasteiger partial charge in [0.2, 0.25) is 5.95 Å². The molecule has 2 rings (SSSR count). The Labute approximate surface area is 113 Å². The molecular formula is C13H23N5O. The van der Waals surface area contributed by atoms with Gasteiger partial charge in [-0.2, -0.15) is 9.97 Å². The number of aromatic nitrogens is 2. The van der Waals surface area contributed by atoms with Crippen molar-refractivity contribution in [1.29, 1.82) is 0 Å². The summed E-state index contributed by atoms with van der Waals surface area (Å²) in [6, 6.07) is 2.06. The first-order valence-electron chi connectivity index (χ1n) is 6.76. The molecule has 19 heavy (non-hydrogen) atoms. The van der Waals surface area contributed by atoms with E-state index in [1.54, 1.807) is 0 Å². The number of hydrogen-bond acceptors (Lipinski definition) is 6. The van der Waals surface area contributed by atoms with Crippen LogP contribution in [-0.4, -0.2) is 33.8 Å². The highest BCUT2D eigenvalue weighted by Crippen LogP contribution is 2.42. The Morgan fingerprint density at radius 3 is 2.68 bits per heavy atom. The average Bonchev–Trinajstić information content (AvgIpc) is 2.35. The first kappa shape index (κ1) is 13.9. The van der Waals surface area contributed by atoms with Gasteiger partial charge in [0.25, 0.3) is 0 Å². The molecule has 1 saturated carbocycles. The topological polar surface area (TPSA) is 96.1 Å². The van der Waals surface area contributed by atoms with E-state index in [1.807, 2.05) is 19.9 Å². The number of nitrogen functional groups attached to an aromatic ring is 1. The van der Waals surface area contributed by atoms with Crippen molar-refractivity contribution in [3.63, 3.8) is 0 Å². The van der Waals surface area contributed by atoms with Gasteiger partial charge in [-0.05, 0) is 12.8 Å². The zero-order valence-corrected chi connectivity index (χ0v) is 11.8. The molecule has 1 fully saturated rings. The summed E-state index contributed by atoms with van der Waals surface area (Å²) in [6.07, 6.45) is 1.49. The number of nitrogens with one attached hydrogen (secondary N) is 2. The molecule has 0 aliphatic heterocycles. The number of aliphatic hydroxyl groups is 1. The lowest BCUT2D eigenvalue weighted by Gasteiger charge is -2.49. The second kappa shape index (κ2) is 5.21. The Bertz CT molecular complexity index is 449. The maximum Gasteiger partial charge on any atom is 0.223 e. The third-order valence-electron chi connectivity index (χ3n) is 3.84. The largest absolute Gasteiger partial charge is 0.392 e. The highest BCUT2D eigenvalue weighted by atomic mass is 16.3. The van der Waals surface area contributed by atoms with Crippen molar-refractivity contribution < 1.29 is 5.11 Å². The molecule has 1 aliphatic rings. The lowest BCUT2D eigenvalue weighted by atomic mass is 9.64. The van der Waals surface area contributed by atoms with Gasteiger partial charge in [0.15, 0.2) is 0 Å². The number of anilines is 3. The normalized spacial score (nSPS) is 24.6. The summed E-state index contributed by atoms with van der Waals surface area (Å²) >= 11 is 0. The van der Waals surface area contributed by atoms with Crippen LogP contribution in [0.15, 0.2) is 6.07 Å². The first-order chi connectivity index (χ1) is 8.93. The van der Waals surface area contributed by atoms with E-state index in [-0.39, 0.29) is 23.5 Å². The molecule has 0 radical (unpaired) electrons. The molecule has 5 N–H and O–H groups in total. The van der Waals surface area contributed by atoms with E-state index in [0.717, 1.165) is 25.2 Å². The van der Waals surface area contributed by atoms with Gasteiger partial charge in [0, 0.05) is 24.1 Å². The Balaban J connectivity index is 2.06. The van der Waals surface area contributed by atoms with Crippen molar-refractivity contribution >= 4 is 17.6 Å². The summed E-state index contributed by atoms with van der Waals surface area (Å²) < 4.78 is 0. The summed E-state index contributed by atoms with van der Waals surface area (Å²) in [4.78, 5) is 8.33. The van der Waals surface area contributed by atoms with Crippen LogP contribution in [-0.2, 0) is 0 Å². The molecule has 0 aromatic carbocycles. The molecule has 0 bridgehead atoms. The lowest BCUT2D eigenvalue weighted by molar-refractivity contribution is -0.0511. The van der Waals surface area contributed by atoms with Crippen molar-refractivity contribution in [1.82, 2.24) is 9.97 Å². The summed E-state index contributed by atoms with van der Waals surface area (Å²) in [6.45, 7) is 7.03. The van der Waals surface area contributed by atoms with E-state index >= 15 is 0 Å². The van der Waals surface area contributed by atoms with E-state index in [9.17, 15) is 5.11 Å². The number of rotatable bonds is 5. The molecule has 0 spiro atoms. The summed E-state index contributed by atoms with van der Waals surface area (Å²) in [7, 11) is 0. The predicted molar refractivity (Wildman–Crippen MR) is 77.0 cm³/mol. The van der Waals surface area contributed by atoms with Crippen LogP contribution < -0.4 is 16.4 Å². The van der Waals surface area contributed by atoms with E-state index in [2.05, 4.69) is 27.5 Å². The fourth-order valence-corrected chi connectivity index (χ4v) is 2.21. The van der Waals surface area contributed by atoms with Gasteiger partial charge in [0.05, 0.1) is 6.10 Å². The maximum atomic E-state index is 9.74. The van der Waals surface area contributed by atoms with Crippen LogP contribution in [0.4, 0.5) is 17.6 Å². The van der Waals surface area contributed by atoms with Crippen molar-refractivity contribution in [3.05, 3.63) is 6.07 Å². The molecule has 2 unspecified atom stereocenters. The third-order valence-corrected chi connectivity index (χ3v) is 3.84. The second-order valence-electron chi connectivity index (χ2n) is 5.69. The summed E-state index contributed by atoms with van der Waals surface area (Å²) in [5, 5.41) is 16.3. The van der Waals surface area contributed by atoms with E-state index in [0.29, 0.717) is 5.82 Å². The standard InChI is InChI=1S/C13H23N5O/c1-4-5-15-10-7-11(18-12(14)17-10)16-8-6-9(19)13(8,2)3/h7-9,19H,4-6H2,1-3H3,(H4,14,15,16,17,18). The second-order valence-corrected chi connectivity index (χ2v) is 5.69. The van der Waals surface area contributed by atoms with Crippen LogP contribution >= 0.6 is 0 Å². The molecule has 1 aromatic rings. The Morgan fingerprint density at radius 2 is 2.11 bits per heavy atom. The predicted octanol–water partition coefficient (Wildman–Crippen LogP) is 1.45. The van der Waals surface area contributed by atoms with Gasteiger partial charge in [0.1, 0.15) is 11.6 Å². The smallest absolute Gasteiger partial charge is 0.223 e. The molecule has 1 aromatic heterocycles. The van der Waals surface area contributed by atoms with Crippen molar-refractivity contribution in [2.24, 2.45) is 5.41 Å². The van der Waals surface area contributed by atoms with Crippen molar-refractivity contribution in [2.45, 2.75) is 45.8 Å². The van der Waals surface area contributed by atoms with Crippen molar-refractivity contribution in [3.8, 4) is 0 Å². The molecule has 2 atom stereocenters. The first-order valence-corrected chi connectivity index (χ1v) is 6.76. The van der Waals surface area contributed by atoms with Gasteiger partial charge in [-0.25, -0.2) is 0 Å². The van der Waals surface area contributed by atoms with Crippen LogP contribution in [0.25, 0.3) is 0 Å². The van der Waals surface area contributed by atoms with Gasteiger partial charge in [-0.3, -0.25) is 0 Å². The van der Waals surface area contributed by atoms with Gasteiger partial charge in [-0.15, -0.1) is 0 Å². The molecule has 1 aliphatic carbocycles. The molecule has 0 saturated heterocycles. The number of nitrogens with two attached hydrogens (primary N) is 1. The van der Waals surface area contributed by atoms with Crippen LogP contribution in [0.2, 0.25) is 0 Å². The van der Waals surface area contributed by atoms with Crippen LogP contribution in [0.3, 0.4) is 0 Å². The molecule has 0 amide bonds. The fraction of sp³-hybridized carbons (Fsp3) is 0.692. The average molecular weight is 265 g/mol. The molecule has 6 nitrogen and oxygen atoms in total. The monoisotopic (exact) mass is 265 g/mol. The molecule has 1 heterocycles. The Hall–Kier alpha value is -1.56. The van der Waals surface area contributed by atoms with E-state index in [1.165, 1.54) is 0 Å². The van der Waals surface area contributed by atoms with Gasteiger partial charge < -0.3 is 21.5 Å². The minimum Gasteiger partial charge on any atom is -0.392 e. The van der Waals surface area contributed by atoms with E-state index < -0.39 is 0 Å². The SMILES string of the molecule is CCCNc1cc(NC2CC(O)C2(C)C)nc(N)n1. The fourth-order valence-electron chi connectivity index (χ4n) is 2.21. The van der Waals surface area contributed by atoms with Gasteiger partial charge >= 0.3 is 0 Å². The number of aliphatic hydroxyl groups excluding tert-OH is 1. The van der Waals surface area contributed by atoms with Crippen molar-refractivity contribution in [2.75, 3.05) is 22.9 Å². The highest BCUT2D eigenvalue weighted by Gasteiger charge is 2.47. The minimum atomic E-state index is -0.262. The minimum absolute atomic E-state index is 0.142. The third kappa shape index (κ3) is 2.89. The van der Waals surface area contributed by atoms with Gasteiger partial charge in [-0.1, -0.05) is 20.8 Å². The zero-order chi connectivity index (χ0) is 14.0. The van der Waals surface area contributed by atoms with Crippen LogP contribution in [0.5, 0.6) is 0 Å². The Morgan fingerprint density at radius 1 is 1.42 bits per heavy atom. The van der Waals surface area contributed by atoms with E-state index in [4.69, 9.17) is 5.73 Å². The maximum absolute atomic E-state index is 9.74. The highest BCUT2D eigenvalue weighted by molar-refractivity contribution is 5.52. The molecule has 6 heteroatoms. The van der Waals surface area contributed by atoms with Crippen LogP contribution in [0, 0.1) is 5.41 Å². The lowest BCUT2D eigenvalue weighted by Crippen LogP contribution is -2.57. The summed E-state index contributed by atoms with van der Waals surface area (Å²) in [5.74, 6) is 1.69. The number of nitrogens with zero attached hydrogens (tertiary/aromatic N) is 2. The molecular weight excluding hydrogens is 242 g/mol. The zero-order valence-electron chi connectivity index (χ0n) is 11.8. The van der Waals surface area contributed by atoms with Crippen LogP contribution in [0.1, 0.15) is 33.6 Å². The molecule has 106 valence electrons. The quantitative estimate of drug-likeness (QED) is 0.643. The Kier molecular flexibility index (Phi) is 3.80. The number of hydrogen-bond donors (Lipinski definition) is 4.